The van der Waals surface area contributed by atoms with Gasteiger partial charge in [-0.1, -0.05) is 53.7 Å². The Kier molecular flexibility index (Phi) is 8.85. The van der Waals surface area contributed by atoms with Crippen LogP contribution >= 0.6 is 23.4 Å². The van der Waals surface area contributed by atoms with Crippen molar-refractivity contribution in [3.63, 3.8) is 0 Å². The lowest BCUT2D eigenvalue weighted by Crippen LogP contribution is -2.12. The molecule has 0 aliphatic heterocycles. The third-order valence-corrected chi connectivity index (χ3v) is 7.11. The maximum Gasteiger partial charge on any atom is 0.220 e. The summed E-state index contributed by atoms with van der Waals surface area (Å²) in [7, 11) is 0. The first-order chi connectivity index (χ1) is 18.3. The Morgan fingerprint density at radius 2 is 1.89 bits per heavy atom. The molecule has 0 fully saturated rings. The first-order valence-corrected chi connectivity index (χ1v) is 13.1. The maximum absolute atomic E-state index is 14.1. The van der Waals surface area contributed by atoms with Crippen LogP contribution in [0.3, 0.4) is 0 Å². The van der Waals surface area contributed by atoms with Gasteiger partial charge in [-0.2, -0.15) is 0 Å². The van der Waals surface area contributed by atoms with Crippen LogP contribution < -0.4 is 9.47 Å². The minimum atomic E-state index is -0.658. The van der Waals surface area contributed by atoms with Crippen molar-refractivity contribution in [1.29, 1.82) is 0 Å². The van der Waals surface area contributed by atoms with Gasteiger partial charge in [0.2, 0.25) is 6.54 Å². The Balaban J connectivity index is 1.68. The van der Waals surface area contributed by atoms with Gasteiger partial charge in [-0.05, 0) is 62.2 Å². The lowest BCUT2D eigenvalue weighted by molar-refractivity contribution is -0.479. The normalized spacial score (nSPS) is 11.8. The van der Waals surface area contributed by atoms with E-state index in [1.165, 1.54) is 17.8 Å². The van der Waals surface area contributed by atoms with Gasteiger partial charge >= 0.3 is 0 Å². The molecule has 4 rings (SSSR count). The minimum absolute atomic E-state index is 0.0578. The number of aromatic nitrogens is 3. The molecule has 0 saturated heterocycles. The lowest BCUT2D eigenvalue weighted by Gasteiger charge is -2.19. The molecule has 1 atom stereocenters. The van der Waals surface area contributed by atoms with E-state index < -0.39 is 11.1 Å². The van der Waals surface area contributed by atoms with E-state index in [1.54, 1.807) is 37.3 Å². The van der Waals surface area contributed by atoms with E-state index in [-0.39, 0.29) is 28.8 Å². The Bertz CT molecular complexity index is 1450. The molecule has 198 valence electrons. The summed E-state index contributed by atoms with van der Waals surface area (Å²) in [6.07, 6.45) is 0. The molecule has 0 aliphatic rings. The number of hydrogen-bond acceptors (Lipinski definition) is 7. The molecule has 0 bridgehead atoms. The predicted molar refractivity (Wildman–Crippen MR) is 145 cm³/mol. The second-order valence-corrected chi connectivity index (χ2v) is 10.0. The molecule has 1 aromatic heterocycles. The van der Waals surface area contributed by atoms with Gasteiger partial charge in [0.05, 0.1) is 11.6 Å². The first-order valence-electron chi connectivity index (χ1n) is 11.9. The predicted octanol–water partition coefficient (Wildman–Crippen LogP) is 6.76. The van der Waals surface area contributed by atoms with Crippen molar-refractivity contribution in [2.24, 2.45) is 0 Å². The van der Waals surface area contributed by atoms with Crippen molar-refractivity contribution < 1.29 is 18.8 Å². The van der Waals surface area contributed by atoms with Gasteiger partial charge in [-0.3, -0.25) is 14.7 Å². The van der Waals surface area contributed by atoms with Gasteiger partial charge in [0.25, 0.3) is 0 Å². The van der Waals surface area contributed by atoms with Crippen molar-refractivity contribution in [2.45, 2.75) is 37.8 Å². The fourth-order valence-corrected chi connectivity index (χ4v) is 5.33. The SMILES string of the molecule is CCOc1cc([C@H](C[N+](=O)[O-])Sc2nnc(C)n2-c2cccc(C)c2)cc(Cl)c1OCc1ccccc1F. The van der Waals surface area contributed by atoms with Crippen LogP contribution in [0.25, 0.3) is 5.69 Å². The van der Waals surface area contributed by atoms with E-state index in [9.17, 15) is 14.5 Å². The smallest absolute Gasteiger partial charge is 0.220 e. The molecular formula is C27H26ClFN4O4S. The van der Waals surface area contributed by atoms with Crippen LogP contribution in [0.1, 0.15) is 34.7 Å². The Hall–Kier alpha value is -3.63. The average Bonchev–Trinajstić information content (AvgIpc) is 3.23. The maximum atomic E-state index is 14.1. The van der Waals surface area contributed by atoms with Crippen molar-refractivity contribution in [3.8, 4) is 17.2 Å². The van der Waals surface area contributed by atoms with E-state index in [1.807, 2.05) is 42.7 Å². The summed E-state index contributed by atoms with van der Waals surface area (Å²) in [5, 5.41) is 20.2. The topological polar surface area (TPSA) is 92.3 Å². The van der Waals surface area contributed by atoms with E-state index in [4.69, 9.17) is 21.1 Å². The van der Waals surface area contributed by atoms with E-state index >= 15 is 0 Å². The van der Waals surface area contributed by atoms with Crippen molar-refractivity contribution in [3.05, 3.63) is 104 Å². The number of ether oxygens (including phenoxy) is 2. The van der Waals surface area contributed by atoms with Crippen LogP contribution in [0.5, 0.6) is 11.5 Å². The van der Waals surface area contributed by atoms with Crippen LogP contribution in [0.2, 0.25) is 5.02 Å². The molecule has 0 saturated carbocycles. The number of hydrogen-bond donors (Lipinski definition) is 0. The molecule has 3 aromatic carbocycles. The zero-order chi connectivity index (χ0) is 27.2. The number of rotatable bonds is 11. The number of nitro groups is 1. The summed E-state index contributed by atoms with van der Waals surface area (Å²) in [6.45, 7) is 5.48. The van der Waals surface area contributed by atoms with E-state index in [0.29, 0.717) is 34.5 Å². The van der Waals surface area contributed by atoms with Crippen LogP contribution in [-0.2, 0) is 6.61 Å². The molecule has 0 unspecified atom stereocenters. The molecule has 0 spiro atoms. The molecule has 0 N–H and O–H groups in total. The summed E-state index contributed by atoms with van der Waals surface area (Å²) in [6, 6.07) is 17.4. The molecule has 0 radical (unpaired) electrons. The lowest BCUT2D eigenvalue weighted by atomic mass is 10.1. The Labute approximate surface area is 228 Å². The Morgan fingerprint density at radius 1 is 1.11 bits per heavy atom. The van der Waals surface area contributed by atoms with Crippen LogP contribution in [0.4, 0.5) is 4.39 Å². The van der Waals surface area contributed by atoms with E-state index in [2.05, 4.69) is 10.2 Å². The summed E-state index contributed by atoms with van der Waals surface area (Å²) in [5.41, 5.74) is 2.85. The second-order valence-electron chi connectivity index (χ2n) is 8.47. The zero-order valence-electron chi connectivity index (χ0n) is 21.1. The van der Waals surface area contributed by atoms with E-state index in [0.717, 1.165) is 11.3 Å². The number of thioether (sulfide) groups is 1. The molecular weight excluding hydrogens is 531 g/mol. The molecule has 38 heavy (non-hydrogen) atoms. The highest BCUT2D eigenvalue weighted by molar-refractivity contribution is 7.99. The molecule has 1 heterocycles. The highest BCUT2D eigenvalue weighted by Gasteiger charge is 2.26. The monoisotopic (exact) mass is 556 g/mol. The van der Waals surface area contributed by atoms with Gasteiger partial charge in [0.1, 0.15) is 23.5 Å². The van der Waals surface area contributed by atoms with Gasteiger partial charge in [-0.15, -0.1) is 10.2 Å². The van der Waals surface area contributed by atoms with Crippen molar-refractivity contribution in [1.82, 2.24) is 14.8 Å². The van der Waals surface area contributed by atoms with Gasteiger partial charge in [0.15, 0.2) is 16.7 Å². The average molecular weight is 557 g/mol. The minimum Gasteiger partial charge on any atom is -0.490 e. The quantitative estimate of drug-likeness (QED) is 0.114. The highest BCUT2D eigenvalue weighted by atomic mass is 35.5. The second kappa shape index (κ2) is 12.3. The third kappa shape index (κ3) is 6.43. The number of aryl methyl sites for hydroxylation is 2. The molecule has 0 amide bonds. The largest absolute Gasteiger partial charge is 0.490 e. The van der Waals surface area contributed by atoms with Crippen LogP contribution in [0, 0.1) is 29.8 Å². The number of nitrogens with zero attached hydrogens (tertiary/aromatic N) is 4. The Morgan fingerprint density at radius 3 is 2.61 bits per heavy atom. The molecule has 0 aliphatic carbocycles. The van der Waals surface area contributed by atoms with Crippen molar-refractivity contribution >= 4 is 23.4 Å². The third-order valence-electron chi connectivity index (χ3n) is 5.65. The first kappa shape index (κ1) is 27.4. The summed E-state index contributed by atoms with van der Waals surface area (Å²) in [5.74, 6) is 0.817. The van der Waals surface area contributed by atoms with Gasteiger partial charge in [-0.25, -0.2) is 4.39 Å². The highest BCUT2D eigenvalue weighted by Crippen LogP contribution is 2.43. The standard InChI is InChI=1S/C27H26ClFN4O4S/c1-4-36-24-14-20(13-22(28)26(24)37-16-19-9-5-6-11-23(19)29)25(15-32(34)35)38-27-31-30-18(3)33(27)21-10-7-8-17(2)12-21/h5-14,25H,4,15-16H2,1-3H3/t25-/m0/s1. The summed E-state index contributed by atoms with van der Waals surface area (Å²) < 4.78 is 27.6. The van der Waals surface area contributed by atoms with Gasteiger partial charge < -0.3 is 9.47 Å². The van der Waals surface area contributed by atoms with Crippen LogP contribution in [-0.4, -0.2) is 32.8 Å². The van der Waals surface area contributed by atoms with Crippen LogP contribution in [0.15, 0.2) is 65.8 Å². The molecule has 4 aromatic rings. The number of benzene rings is 3. The van der Waals surface area contributed by atoms with Crippen molar-refractivity contribution in [2.75, 3.05) is 13.2 Å². The fourth-order valence-electron chi connectivity index (χ4n) is 3.90. The fraction of sp³-hybridized carbons (Fsp3) is 0.259. The van der Waals surface area contributed by atoms with Gasteiger partial charge in [0, 0.05) is 16.2 Å². The zero-order valence-corrected chi connectivity index (χ0v) is 22.6. The summed E-state index contributed by atoms with van der Waals surface area (Å²) in [4.78, 5) is 11.3. The molecule has 8 nitrogen and oxygen atoms in total. The molecule has 11 heteroatoms. The number of halogens is 2. The summed E-state index contributed by atoms with van der Waals surface area (Å²) >= 11 is 7.81.